The van der Waals surface area contributed by atoms with Gasteiger partial charge >= 0.3 is 0 Å². The first kappa shape index (κ1) is 11.4. The van der Waals surface area contributed by atoms with Gasteiger partial charge in [-0.05, 0) is 29.8 Å². The van der Waals surface area contributed by atoms with Crippen LogP contribution in [-0.4, -0.2) is 6.54 Å². The van der Waals surface area contributed by atoms with Gasteiger partial charge in [0.15, 0.2) is 0 Å². The smallest absolute Gasteiger partial charge is 0.127 e. The molecule has 0 aliphatic heterocycles. The first-order chi connectivity index (χ1) is 8.38. The minimum Gasteiger partial charge on any atom is -0.457 e. The topological polar surface area (TPSA) is 35.2 Å². The molecule has 86 valence electrons. The summed E-state index contributed by atoms with van der Waals surface area (Å²) in [6.07, 6.45) is 3.92. The van der Waals surface area contributed by atoms with Crippen molar-refractivity contribution in [3.63, 3.8) is 0 Å². The van der Waals surface area contributed by atoms with Crippen LogP contribution < -0.4 is 10.5 Å². The van der Waals surface area contributed by atoms with Crippen molar-refractivity contribution in [1.82, 2.24) is 0 Å². The van der Waals surface area contributed by atoms with E-state index in [1.807, 2.05) is 66.7 Å². The second-order valence-corrected chi connectivity index (χ2v) is 3.62. The minimum atomic E-state index is 0.558. The second-order valence-electron chi connectivity index (χ2n) is 3.62. The van der Waals surface area contributed by atoms with E-state index in [1.165, 1.54) is 0 Å². The van der Waals surface area contributed by atoms with E-state index in [4.69, 9.17) is 10.5 Å². The highest BCUT2D eigenvalue weighted by Crippen LogP contribution is 2.21. The molecule has 2 heteroatoms. The monoisotopic (exact) mass is 225 g/mol. The van der Waals surface area contributed by atoms with Crippen molar-refractivity contribution >= 4 is 6.08 Å². The summed E-state index contributed by atoms with van der Waals surface area (Å²) in [4.78, 5) is 0. The molecule has 0 aliphatic carbocycles. The van der Waals surface area contributed by atoms with E-state index in [1.54, 1.807) is 0 Å². The van der Waals surface area contributed by atoms with Crippen molar-refractivity contribution in [1.29, 1.82) is 0 Å². The number of ether oxygens (including phenoxy) is 1. The van der Waals surface area contributed by atoms with E-state index in [-0.39, 0.29) is 0 Å². The molecule has 0 saturated carbocycles. The molecule has 2 aromatic carbocycles. The van der Waals surface area contributed by atoms with Gasteiger partial charge in [0.05, 0.1) is 0 Å². The van der Waals surface area contributed by atoms with E-state index in [0.717, 1.165) is 17.1 Å². The lowest BCUT2D eigenvalue weighted by atomic mass is 10.2. The van der Waals surface area contributed by atoms with Crippen molar-refractivity contribution in [2.24, 2.45) is 5.73 Å². The molecule has 17 heavy (non-hydrogen) atoms. The standard InChI is InChI=1S/C15H15NO/c16-12-4-5-13-8-10-15(11-9-13)17-14-6-2-1-3-7-14/h1-11H,12,16H2/b5-4+. The van der Waals surface area contributed by atoms with E-state index < -0.39 is 0 Å². The number of nitrogens with two attached hydrogens (primary N) is 1. The van der Waals surface area contributed by atoms with Gasteiger partial charge in [-0.1, -0.05) is 42.5 Å². The molecule has 0 amide bonds. The van der Waals surface area contributed by atoms with Crippen LogP contribution in [-0.2, 0) is 0 Å². The maximum atomic E-state index is 5.69. The molecule has 2 aromatic rings. The van der Waals surface area contributed by atoms with Gasteiger partial charge in [-0.3, -0.25) is 0 Å². The van der Waals surface area contributed by atoms with Crippen molar-refractivity contribution in [3.8, 4) is 11.5 Å². The Morgan fingerprint density at radius 3 is 2.18 bits per heavy atom. The van der Waals surface area contributed by atoms with Crippen LogP contribution in [0.1, 0.15) is 5.56 Å². The second kappa shape index (κ2) is 5.87. The van der Waals surface area contributed by atoms with Crippen LogP contribution in [0.2, 0.25) is 0 Å². The van der Waals surface area contributed by atoms with Gasteiger partial charge in [-0.25, -0.2) is 0 Å². The molecule has 0 spiro atoms. The van der Waals surface area contributed by atoms with Crippen molar-refractivity contribution in [2.75, 3.05) is 6.54 Å². The molecule has 0 unspecified atom stereocenters. The average Bonchev–Trinajstić information content (AvgIpc) is 2.39. The van der Waals surface area contributed by atoms with Gasteiger partial charge in [0.2, 0.25) is 0 Å². The Balaban J connectivity index is 2.06. The third kappa shape index (κ3) is 3.47. The molecule has 2 rings (SSSR count). The van der Waals surface area contributed by atoms with E-state index in [0.29, 0.717) is 6.54 Å². The Kier molecular flexibility index (Phi) is 3.95. The van der Waals surface area contributed by atoms with Crippen molar-refractivity contribution < 1.29 is 4.74 Å². The summed E-state index contributed by atoms with van der Waals surface area (Å²) >= 11 is 0. The first-order valence-corrected chi connectivity index (χ1v) is 5.58. The predicted molar refractivity (Wildman–Crippen MR) is 71.0 cm³/mol. The number of rotatable bonds is 4. The van der Waals surface area contributed by atoms with Gasteiger partial charge in [0.1, 0.15) is 11.5 Å². The molecule has 0 radical (unpaired) electrons. The predicted octanol–water partition coefficient (Wildman–Crippen LogP) is 3.45. The Bertz CT molecular complexity index is 474. The Morgan fingerprint density at radius 1 is 0.882 bits per heavy atom. The molecule has 0 atom stereocenters. The van der Waals surface area contributed by atoms with Crippen LogP contribution in [0.25, 0.3) is 6.08 Å². The number of hydrogen-bond acceptors (Lipinski definition) is 2. The average molecular weight is 225 g/mol. The molecule has 0 aromatic heterocycles. The van der Waals surface area contributed by atoms with Crippen molar-refractivity contribution in [3.05, 3.63) is 66.2 Å². The fourth-order valence-corrected chi connectivity index (χ4v) is 1.48. The molecule has 0 bridgehead atoms. The quantitative estimate of drug-likeness (QED) is 0.865. The SMILES string of the molecule is NC/C=C/c1ccc(Oc2ccccc2)cc1. The van der Waals surface area contributed by atoms with Crippen LogP contribution in [0.4, 0.5) is 0 Å². The normalized spacial score (nSPS) is 10.6. The molecular weight excluding hydrogens is 210 g/mol. The number of hydrogen-bond donors (Lipinski definition) is 1. The van der Waals surface area contributed by atoms with Gasteiger partial charge in [-0.15, -0.1) is 0 Å². The Morgan fingerprint density at radius 2 is 1.53 bits per heavy atom. The molecule has 0 heterocycles. The minimum absolute atomic E-state index is 0.558. The Labute approximate surface area is 101 Å². The van der Waals surface area contributed by atoms with Crippen LogP contribution in [0.3, 0.4) is 0 Å². The molecular formula is C15H15NO. The van der Waals surface area contributed by atoms with Gasteiger partial charge in [0, 0.05) is 6.54 Å². The number of para-hydroxylation sites is 1. The first-order valence-electron chi connectivity index (χ1n) is 5.58. The zero-order valence-electron chi connectivity index (χ0n) is 9.54. The summed E-state index contributed by atoms with van der Waals surface area (Å²) in [6, 6.07) is 17.6. The summed E-state index contributed by atoms with van der Waals surface area (Å²) in [7, 11) is 0. The third-order valence-corrected chi connectivity index (χ3v) is 2.31. The van der Waals surface area contributed by atoms with Crippen LogP contribution in [0.5, 0.6) is 11.5 Å². The zero-order valence-corrected chi connectivity index (χ0v) is 9.54. The molecule has 0 aliphatic rings. The molecule has 0 saturated heterocycles. The summed E-state index contributed by atoms with van der Waals surface area (Å²) in [6.45, 7) is 0.558. The molecule has 2 N–H and O–H groups in total. The highest BCUT2D eigenvalue weighted by molar-refractivity contribution is 5.51. The van der Waals surface area contributed by atoms with Gasteiger partial charge in [0.25, 0.3) is 0 Å². The summed E-state index contributed by atoms with van der Waals surface area (Å²) in [5.41, 5.74) is 6.52. The fraction of sp³-hybridized carbons (Fsp3) is 0.0667. The lowest BCUT2D eigenvalue weighted by Gasteiger charge is -2.05. The summed E-state index contributed by atoms with van der Waals surface area (Å²) in [5.74, 6) is 1.68. The van der Waals surface area contributed by atoms with Crippen LogP contribution in [0.15, 0.2) is 60.7 Å². The Hall–Kier alpha value is -2.06. The maximum Gasteiger partial charge on any atom is 0.127 e. The number of benzene rings is 2. The van der Waals surface area contributed by atoms with Crippen LogP contribution in [0, 0.1) is 0 Å². The highest BCUT2D eigenvalue weighted by Gasteiger charge is 1.95. The maximum absolute atomic E-state index is 5.69. The van der Waals surface area contributed by atoms with E-state index >= 15 is 0 Å². The largest absolute Gasteiger partial charge is 0.457 e. The van der Waals surface area contributed by atoms with Gasteiger partial charge < -0.3 is 10.5 Å². The van der Waals surface area contributed by atoms with E-state index in [9.17, 15) is 0 Å². The molecule has 0 fully saturated rings. The van der Waals surface area contributed by atoms with Gasteiger partial charge in [-0.2, -0.15) is 0 Å². The lowest BCUT2D eigenvalue weighted by Crippen LogP contribution is -1.91. The zero-order chi connectivity index (χ0) is 11.9. The third-order valence-electron chi connectivity index (χ3n) is 2.31. The van der Waals surface area contributed by atoms with Crippen LogP contribution >= 0.6 is 0 Å². The lowest BCUT2D eigenvalue weighted by molar-refractivity contribution is 0.482. The summed E-state index contributed by atoms with van der Waals surface area (Å²) in [5, 5.41) is 0. The highest BCUT2D eigenvalue weighted by atomic mass is 16.5. The molecule has 2 nitrogen and oxygen atoms in total. The van der Waals surface area contributed by atoms with Crippen molar-refractivity contribution in [2.45, 2.75) is 0 Å². The fourth-order valence-electron chi connectivity index (χ4n) is 1.48. The van der Waals surface area contributed by atoms with E-state index in [2.05, 4.69) is 0 Å². The summed E-state index contributed by atoms with van der Waals surface area (Å²) < 4.78 is 5.69.